The van der Waals surface area contributed by atoms with Gasteiger partial charge in [-0.05, 0) is 13.0 Å². The van der Waals surface area contributed by atoms with Crippen LogP contribution in [0.3, 0.4) is 0 Å². The third kappa shape index (κ3) is 2.40. The number of carbonyl (C=O) groups excluding carboxylic acids is 2. The molecule has 2 aliphatic rings. The van der Waals surface area contributed by atoms with Crippen molar-refractivity contribution in [1.29, 1.82) is 0 Å². The number of nitrogens with one attached hydrogen (secondary N) is 1. The fourth-order valence-electron chi connectivity index (χ4n) is 2.10. The van der Waals surface area contributed by atoms with Crippen LogP contribution in [0.15, 0.2) is 12.2 Å². The van der Waals surface area contributed by atoms with Crippen molar-refractivity contribution in [1.82, 2.24) is 10.2 Å². The lowest BCUT2D eigenvalue weighted by Crippen LogP contribution is -2.69. The number of hydrogen-bond donors (Lipinski definition) is 2. The molecule has 0 bridgehead atoms. The Hall–Kier alpha value is -0.960. The van der Waals surface area contributed by atoms with Crippen molar-refractivity contribution in [2.24, 2.45) is 0 Å². The number of carbonyl (C=O) groups is 2. The van der Waals surface area contributed by atoms with Crippen molar-refractivity contribution in [3.05, 3.63) is 12.2 Å². The van der Waals surface area contributed by atoms with Crippen molar-refractivity contribution >= 4 is 27.9 Å². The number of imide groups is 1. The van der Waals surface area contributed by atoms with Crippen molar-refractivity contribution < 1.29 is 24.2 Å². The predicted molar refractivity (Wildman–Crippen MR) is 68.4 cm³/mol. The molecule has 106 valence electrons. The molecule has 0 spiro atoms. The van der Waals surface area contributed by atoms with Gasteiger partial charge in [0.15, 0.2) is 12.5 Å². The molecule has 0 unspecified atom stereocenters. The smallest absolute Gasteiger partial charge is 0.328 e. The van der Waals surface area contributed by atoms with E-state index in [0.29, 0.717) is 0 Å². The van der Waals surface area contributed by atoms with E-state index >= 15 is 0 Å². The molecule has 0 aromatic heterocycles. The number of ether oxygens (including phenoxy) is 2. The van der Waals surface area contributed by atoms with E-state index in [4.69, 9.17) is 14.6 Å². The zero-order valence-electron chi connectivity index (χ0n) is 10.5. The monoisotopic (exact) mass is 334 g/mol. The SMILES string of the molecule is CO[C@H]1N([C@H]2C=C[C@@H](CO)O2)C(=O)NC(=O)[C@]1(C)Br. The molecule has 1 fully saturated rings. The number of hydrogen-bond acceptors (Lipinski definition) is 5. The van der Waals surface area contributed by atoms with Gasteiger partial charge in [-0.3, -0.25) is 15.0 Å². The highest BCUT2D eigenvalue weighted by molar-refractivity contribution is 9.10. The molecule has 4 atom stereocenters. The fraction of sp³-hybridized carbons (Fsp3) is 0.636. The van der Waals surface area contributed by atoms with Crippen molar-refractivity contribution in [2.75, 3.05) is 13.7 Å². The number of aliphatic hydroxyl groups excluding tert-OH is 1. The summed E-state index contributed by atoms with van der Waals surface area (Å²) < 4.78 is 9.66. The van der Waals surface area contributed by atoms with Crippen LogP contribution in [0, 0.1) is 0 Å². The van der Waals surface area contributed by atoms with Crippen molar-refractivity contribution in [2.45, 2.75) is 29.8 Å². The number of urea groups is 1. The zero-order chi connectivity index (χ0) is 14.2. The molecule has 0 aromatic carbocycles. The lowest BCUT2D eigenvalue weighted by atomic mass is 10.1. The molecule has 0 aromatic rings. The summed E-state index contributed by atoms with van der Waals surface area (Å²) in [6.45, 7) is 1.43. The Bertz CT molecular complexity index is 425. The van der Waals surface area contributed by atoms with Gasteiger partial charge in [0, 0.05) is 7.11 Å². The third-order valence-corrected chi connectivity index (χ3v) is 3.85. The maximum atomic E-state index is 12.0. The maximum absolute atomic E-state index is 12.0. The summed E-state index contributed by atoms with van der Waals surface area (Å²) in [6, 6.07) is -0.595. The van der Waals surface area contributed by atoms with E-state index in [2.05, 4.69) is 21.2 Å². The lowest BCUT2D eigenvalue weighted by molar-refractivity contribution is -0.149. The molecule has 7 nitrogen and oxygen atoms in total. The van der Waals surface area contributed by atoms with Gasteiger partial charge in [0.2, 0.25) is 5.91 Å². The minimum absolute atomic E-state index is 0.176. The fourth-order valence-corrected chi connectivity index (χ4v) is 2.61. The number of alkyl halides is 1. The number of amides is 3. The van der Waals surface area contributed by atoms with E-state index in [1.54, 1.807) is 19.1 Å². The van der Waals surface area contributed by atoms with E-state index in [-0.39, 0.29) is 6.61 Å². The maximum Gasteiger partial charge on any atom is 0.328 e. The molecule has 2 N–H and O–H groups in total. The molecule has 2 heterocycles. The van der Waals surface area contributed by atoms with E-state index < -0.39 is 34.8 Å². The van der Waals surface area contributed by atoms with Gasteiger partial charge in [-0.2, -0.15) is 0 Å². The average Bonchev–Trinajstić information content (AvgIpc) is 2.81. The Labute approximate surface area is 118 Å². The summed E-state index contributed by atoms with van der Waals surface area (Å²) in [5.74, 6) is -0.471. The molecule has 2 rings (SSSR count). The van der Waals surface area contributed by atoms with Crippen LogP contribution < -0.4 is 5.32 Å². The highest BCUT2D eigenvalue weighted by Crippen LogP contribution is 2.33. The van der Waals surface area contributed by atoms with Crippen LogP contribution in [0.2, 0.25) is 0 Å². The Morgan fingerprint density at radius 1 is 1.58 bits per heavy atom. The molecule has 1 saturated heterocycles. The molecule has 0 radical (unpaired) electrons. The summed E-state index contributed by atoms with van der Waals surface area (Å²) in [7, 11) is 1.41. The summed E-state index contributed by atoms with van der Waals surface area (Å²) in [5.41, 5.74) is 0. The summed E-state index contributed by atoms with van der Waals surface area (Å²) in [4.78, 5) is 25.0. The van der Waals surface area contributed by atoms with Gasteiger partial charge in [0.1, 0.15) is 10.4 Å². The Kier molecular flexibility index (Phi) is 3.95. The number of nitrogens with zero attached hydrogens (tertiary/aromatic N) is 1. The minimum Gasteiger partial charge on any atom is -0.393 e. The standard InChI is InChI=1S/C11H15BrN2O5/c1-11(12)8(16)13-10(17)14(9(11)18-2)7-4-3-6(5-15)19-7/h3-4,6-7,9,15H,5H2,1-2H3,(H,13,16,17)/t6-,7+,9+,11-/m0/s1. The highest BCUT2D eigenvalue weighted by atomic mass is 79.9. The second-order valence-electron chi connectivity index (χ2n) is 4.46. The number of rotatable bonds is 3. The normalized spacial score (nSPS) is 38.7. The van der Waals surface area contributed by atoms with Crippen LogP contribution in [0.5, 0.6) is 0 Å². The topological polar surface area (TPSA) is 88.1 Å². The molecule has 0 saturated carbocycles. The second-order valence-corrected chi connectivity index (χ2v) is 6.11. The van der Waals surface area contributed by atoms with Crippen LogP contribution in [-0.2, 0) is 14.3 Å². The Balaban J connectivity index is 2.25. The minimum atomic E-state index is -1.08. The van der Waals surface area contributed by atoms with E-state index in [1.165, 1.54) is 12.0 Å². The van der Waals surface area contributed by atoms with Crippen molar-refractivity contribution in [3.8, 4) is 0 Å². The van der Waals surface area contributed by atoms with Gasteiger partial charge < -0.3 is 14.6 Å². The van der Waals surface area contributed by atoms with Gasteiger partial charge in [0.25, 0.3) is 0 Å². The van der Waals surface area contributed by atoms with Gasteiger partial charge in [-0.25, -0.2) is 4.79 Å². The Morgan fingerprint density at radius 3 is 2.79 bits per heavy atom. The molecular weight excluding hydrogens is 320 g/mol. The molecular formula is C11H15BrN2O5. The first-order valence-electron chi connectivity index (χ1n) is 5.72. The molecule has 19 heavy (non-hydrogen) atoms. The lowest BCUT2D eigenvalue weighted by Gasteiger charge is -2.44. The molecule has 0 aliphatic carbocycles. The molecule has 8 heteroatoms. The van der Waals surface area contributed by atoms with Crippen LogP contribution in [0.1, 0.15) is 6.92 Å². The number of methoxy groups -OCH3 is 1. The third-order valence-electron chi connectivity index (χ3n) is 3.10. The van der Waals surface area contributed by atoms with Crippen LogP contribution in [-0.4, -0.2) is 58.5 Å². The first kappa shape index (κ1) is 14.4. The van der Waals surface area contributed by atoms with Gasteiger partial charge in [-0.1, -0.05) is 22.0 Å². The van der Waals surface area contributed by atoms with Gasteiger partial charge in [0.05, 0.1) is 6.61 Å². The molecule has 2 aliphatic heterocycles. The van der Waals surface area contributed by atoms with Gasteiger partial charge in [-0.15, -0.1) is 0 Å². The van der Waals surface area contributed by atoms with E-state index in [9.17, 15) is 9.59 Å². The second kappa shape index (κ2) is 5.20. The van der Waals surface area contributed by atoms with E-state index in [1.807, 2.05) is 0 Å². The molecule has 3 amide bonds. The summed E-state index contributed by atoms with van der Waals surface area (Å²) in [5, 5.41) is 11.3. The zero-order valence-corrected chi connectivity index (χ0v) is 12.1. The highest BCUT2D eigenvalue weighted by Gasteiger charge is 2.52. The largest absolute Gasteiger partial charge is 0.393 e. The number of aliphatic hydroxyl groups is 1. The summed E-state index contributed by atoms with van der Waals surface area (Å²) in [6.07, 6.45) is 1.33. The van der Waals surface area contributed by atoms with Crippen LogP contribution >= 0.6 is 15.9 Å². The van der Waals surface area contributed by atoms with Crippen molar-refractivity contribution in [3.63, 3.8) is 0 Å². The number of halogens is 1. The van der Waals surface area contributed by atoms with Gasteiger partial charge >= 0.3 is 6.03 Å². The first-order chi connectivity index (χ1) is 8.91. The average molecular weight is 335 g/mol. The quantitative estimate of drug-likeness (QED) is 0.557. The Morgan fingerprint density at radius 2 is 2.26 bits per heavy atom. The van der Waals surface area contributed by atoms with E-state index in [0.717, 1.165) is 0 Å². The first-order valence-corrected chi connectivity index (χ1v) is 6.51. The summed E-state index contributed by atoms with van der Waals surface area (Å²) >= 11 is 3.27. The van der Waals surface area contributed by atoms with Crippen LogP contribution in [0.25, 0.3) is 0 Å². The van der Waals surface area contributed by atoms with Crippen LogP contribution in [0.4, 0.5) is 4.79 Å². The predicted octanol–water partition coefficient (Wildman–Crippen LogP) is -0.0623.